The maximum absolute atomic E-state index is 12.3. The molecular weight excluding hydrogens is 386 g/mol. The van der Waals surface area contributed by atoms with Crippen LogP contribution in [-0.2, 0) is 4.74 Å². The number of hydrogen-bond acceptors (Lipinski definition) is 7. The van der Waals surface area contributed by atoms with Gasteiger partial charge in [-0.2, -0.15) is 4.98 Å². The molecule has 1 aromatic carbocycles. The number of amides is 1. The largest absolute Gasteiger partial charge is 0.444 e. The SMILES string of the molecule is CN(C)c1nc(N[C@H]2CCN(C(=O)OC(C)(C)C)C2)nc2c1sc1ccccc12. The minimum absolute atomic E-state index is 0.0971. The van der Waals surface area contributed by atoms with E-state index >= 15 is 0 Å². The van der Waals surface area contributed by atoms with E-state index in [4.69, 9.17) is 14.7 Å². The van der Waals surface area contributed by atoms with Crippen LogP contribution in [0.5, 0.6) is 0 Å². The first-order valence-electron chi connectivity index (χ1n) is 9.82. The predicted octanol–water partition coefficient (Wildman–Crippen LogP) is 4.33. The van der Waals surface area contributed by atoms with Crippen LogP contribution in [0.1, 0.15) is 27.2 Å². The molecule has 0 spiro atoms. The summed E-state index contributed by atoms with van der Waals surface area (Å²) in [5, 5.41) is 4.58. The first kappa shape index (κ1) is 19.7. The predicted molar refractivity (Wildman–Crippen MR) is 119 cm³/mol. The lowest BCUT2D eigenvalue weighted by atomic mass is 10.2. The van der Waals surface area contributed by atoms with Crippen molar-refractivity contribution in [2.24, 2.45) is 0 Å². The van der Waals surface area contributed by atoms with E-state index in [1.54, 1.807) is 16.2 Å². The monoisotopic (exact) mass is 413 g/mol. The van der Waals surface area contributed by atoms with E-state index in [1.807, 2.05) is 51.9 Å². The van der Waals surface area contributed by atoms with Crippen molar-refractivity contribution in [2.45, 2.75) is 38.8 Å². The molecule has 2 aromatic heterocycles. The summed E-state index contributed by atoms with van der Waals surface area (Å²) in [6.45, 7) is 6.89. The number of aromatic nitrogens is 2. The molecule has 3 heterocycles. The van der Waals surface area contributed by atoms with Crippen LogP contribution < -0.4 is 10.2 Å². The summed E-state index contributed by atoms with van der Waals surface area (Å²) in [4.78, 5) is 25.7. The number of carbonyl (C=O) groups is 1. The molecule has 0 saturated carbocycles. The standard InChI is InChI=1S/C21H27N5O2S/c1-21(2,3)28-20(27)26-11-10-13(12-26)22-19-23-16-14-8-6-7-9-15(14)29-17(16)18(24-19)25(4)5/h6-9,13H,10-12H2,1-5H3,(H,22,23,24)/t13-/m0/s1. The fourth-order valence-electron chi connectivity index (χ4n) is 3.50. The van der Waals surface area contributed by atoms with Crippen molar-refractivity contribution < 1.29 is 9.53 Å². The lowest BCUT2D eigenvalue weighted by Crippen LogP contribution is -2.36. The van der Waals surface area contributed by atoms with Gasteiger partial charge in [0.2, 0.25) is 5.95 Å². The number of fused-ring (bicyclic) bond motifs is 3. The van der Waals surface area contributed by atoms with Crippen LogP contribution in [0, 0.1) is 0 Å². The summed E-state index contributed by atoms with van der Waals surface area (Å²) < 4.78 is 7.78. The Morgan fingerprint density at radius 2 is 2.03 bits per heavy atom. The molecule has 1 atom stereocenters. The third-order valence-electron chi connectivity index (χ3n) is 4.80. The van der Waals surface area contributed by atoms with Crippen molar-refractivity contribution in [3.8, 4) is 0 Å². The van der Waals surface area contributed by atoms with Gasteiger partial charge in [0.25, 0.3) is 0 Å². The van der Waals surface area contributed by atoms with Crippen LogP contribution in [-0.4, -0.2) is 59.8 Å². The summed E-state index contributed by atoms with van der Waals surface area (Å²) in [5.41, 5.74) is 0.478. The molecule has 0 unspecified atom stereocenters. The van der Waals surface area contributed by atoms with Gasteiger partial charge >= 0.3 is 6.09 Å². The maximum atomic E-state index is 12.3. The van der Waals surface area contributed by atoms with Gasteiger partial charge in [-0.1, -0.05) is 18.2 Å². The number of benzene rings is 1. The Kier molecular flexibility index (Phi) is 4.98. The second kappa shape index (κ2) is 7.33. The van der Waals surface area contributed by atoms with Crippen LogP contribution in [0.4, 0.5) is 16.6 Å². The number of rotatable bonds is 3. The summed E-state index contributed by atoms with van der Waals surface area (Å²) in [6, 6.07) is 8.39. The van der Waals surface area contributed by atoms with E-state index in [1.165, 1.54) is 4.70 Å². The molecule has 1 saturated heterocycles. The smallest absolute Gasteiger partial charge is 0.410 e. The molecule has 1 aliphatic heterocycles. The van der Waals surface area contributed by atoms with E-state index in [0.717, 1.165) is 27.8 Å². The fraction of sp³-hybridized carbons (Fsp3) is 0.476. The summed E-state index contributed by atoms with van der Waals surface area (Å²) in [5.74, 6) is 1.50. The molecule has 1 aliphatic rings. The Hall–Kier alpha value is -2.61. The highest BCUT2D eigenvalue weighted by Crippen LogP contribution is 2.37. The summed E-state index contributed by atoms with van der Waals surface area (Å²) >= 11 is 1.71. The number of thiophene rings is 1. The molecule has 4 rings (SSSR count). The number of hydrogen-bond donors (Lipinski definition) is 1. The second-order valence-corrected chi connectivity index (χ2v) is 9.65. The highest BCUT2D eigenvalue weighted by molar-refractivity contribution is 7.26. The summed E-state index contributed by atoms with van der Waals surface area (Å²) in [7, 11) is 3.99. The van der Waals surface area contributed by atoms with Gasteiger partial charge in [0.05, 0.1) is 10.2 Å². The Bertz CT molecular complexity index is 1060. The van der Waals surface area contributed by atoms with Crippen molar-refractivity contribution in [1.29, 1.82) is 0 Å². The lowest BCUT2D eigenvalue weighted by molar-refractivity contribution is 0.0293. The molecular formula is C21H27N5O2S. The van der Waals surface area contributed by atoms with Crippen molar-refractivity contribution in [3.05, 3.63) is 24.3 Å². The van der Waals surface area contributed by atoms with Crippen LogP contribution in [0.25, 0.3) is 20.3 Å². The van der Waals surface area contributed by atoms with Gasteiger partial charge in [-0.15, -0.1) is 11.3 Å². The Morgan fingerprint density at radius 3 is 2.76 bits per heavy atom. The Labute approximate surface area is 174 Å². The van der Waals surface area contributed by atoms with Crippen LogP contribution in [0.2, 0.25) is 0 Å². The molecule has 1 N–H and O–H groups in total. The molecule has 0 aliphatic carbocycles. The van der Waals surface area contributed by atoms with Gasteiger partial charge in [0.1, 0.15) is 5.60 Å². The minimum atomic E-state index is -0.489. The zero-order chi connectivity index (χ0) is 20.8. The molecule has 1 fully saturated rings. The molecule has 29 heavy (non-hydrogen) atoms. The molecule has 1 amide bonds. The maximum Gasteiger partial charge on any atom is 0.410 e. The van der Waals surface area contributed by atoms with E-state index in [0.29, 0.717) is 19.0 Å². The first-order chi connectivity index (χ1) is 13.7. The Balaban J connectivity index is 1.58. The molecule has 7 nitrogen and oxygen atoms in total. The third kappa shape index (κ3) is 4.07. The van der Waals surface area contributed by atoms with E-state index < -0.39 is 5.60 Å². The topological polar surface area (TPSA) is 70.6 Å². The van der Waals surface area contributed by atoms with Crippen molar-refractivity contribution in [2.75, 3.05) is 37.4 Å². The quantitative estimate of drug-likeness (QED) is 0.689. The average Bonchev–Trinajstić information content (AvgIpc) is 3.24. The van der Waals surface area contributed by atoms with Gasteiger partial charge in [0, 0.05) is 43.3 Å². The van der Waals surface area contributed by atoms with Crippen LogP contribution >= 0.6 is 11.3 Å². The highest BCUT2D eigenvalue weighted by Gasteiger charge is 2.30. The van der Waals surface area contributed by atoms with Crippen molar-refractivity contribution in [1.82, 2.24) is 14.9 Å². The number of ether oxygens (including phenoxy) is 1. The molecule has 8 heteroatoms. The molecule has 3 aromatic rings. The molecule has 154 valence electrons. The zero-order valence-electron chi connectivity index (χ0n) is 17.5. The van der Waals surface area contributed by atoms with Gasteiger partial charge in [0.15, 0.2) is 5.82 Å². The zero-order valence-corrected chi connectivity index (χ0v) is 18.3. The van der Waals surface area contributed by atoms with Gasteiger partial charge < -0.3 is 19.9 Å². The van der Waals surface area contributed by atoms with Crippen molar-refractivity contribution >= 4 is 49.5 Å². The fourth-order valence-corrected chi connectivity index (χ4v) is 4.71. The number of nitrogens with one attached hydrogen (secondary N) is 1. The molecule has 0 radical (unpaired) electrons. The van der Waals surface area contributed by atoms with E-state index in [-0.39, 0.29) is 12.1 Å². The van der Waals surface area contributed by atoms with Gasteiger partial charge in [-0.25, -0.2) is 9.78 Å². The van der Waals surface area contributed by atoms with Crippen molar-refractivity contribution in [3.63, 3.8) is 0 Å². The van der Waals surface area contributed by atoms with E-state index in [9.17, 15) is 4.79 Å². The Morgan fingerprint density at radius 1 is 1.28 bits per heavy atom. The number of likely N-dealkylation sites (tertiary alicyclic amines) is 1. The van der Waals surface area contributed by atoms with Crippen LogP contribution in [0.15, 0.2) is 24.3 Å². The number of anilines is 2. The van der Waals surface area contributed by atoms with Gasteiger partial charge in [-0.3, -0.25) is 0 Å². The first-order valence-corrected chi connectivity index (χ1v) is 10.6. The minimum Gasteiger partial charge on any atom is -0.444 e. The van der Waals surface area contributed by atoms with Gasteiger partial charge in [-0.05, 0) is 33.3 Å². The number of nitrogens with zero attached hydrogens (tertiary/aromatic N) is 4. The summed E-state index contributed by atoms with van der Waals surface area (Å²) in [6.07, 6.45) is 0.568. The molecule has 0 bridgehead atoms. The third-order valence-corrected chi connectivity index (χ3v) is 5.95. The normalized spacial score (nSPS) is 17.1. The average molecular weight is 414 g/mol. The van der Waals surface area contributed by atoms with E-state index in [2.05, 4.69) is 17.4 Å². The lowest BCUT2D eigenvalue weighted by Gasteiger charge is -2.24. The second-order valence-electron chi connectivity index (χ2n) is 8.60. The number of carbonyl (C=O) groups excluding carboxylic acids is 1. The van der Waals surface area contributed by atoms with Crippen LogP contribution in [0.3, 0.4) is 0 Å². The highest BCUT2D eigenvalue weighted by atomic mass is 32.1.